The number of pyridine rings is 1. The second-order valence-corrected chi connectivity index (χ2v) is 3.40. The summed E-state index contributed by atoms with van der Waals surface area (Å²) in [5.74, 6) is 1.12. The topological polar surface area (TPSA) is 42.0 Å². The third-order valence-corrected chi connectivity index (χ3v) is 1.90. The molecule has 0 spiro atoms. The lowest BCUT2D eigenvalue weighted by molar-refractivity contribution is -0.117. The molecule has 0 saturated carbocycles. The molecular weight excluding hydrogens is 176 g/mol. The lowest BCUT2D eigenvalue weighted by Gasteiger charge is -2.04. The smallest absolute Gasteiger partial charge is 0.129 e. The first kappa shape index (κ1) is 10.7. The van der Waals surface area contributed by atoms with Gasteiger partial charge in [-0.15, -0.1) is 0 Å². The van der Waals surface area contributed by atoms with Crippen LogP contribution in [0.2, 0.25) is 0 Å². The van der Waals surface area contributed by atoms with Crippen LogP contribution in [0.5, 0.6) is 0 Å². The Morgan fingerprint density at radius 3 is 2.93 bits per heavy atom. The van der Waals surface area contributed by atoms with E-state index in [2.05, 4.69) is 10.3 Å². The number of nitrogens with one attached hydrogen (secondary N) is 1. The van der Waals surface area contributed by atoms with E-state index in [-0.39, 0.29) is 5.78 Å². The summed E-state index contributed by atoms with van der Waals surface area (Å²) in [6.45, 7) is 4.38. The molecule has 76 valence electrons. The van der Waals surface area contributed by atoms with Gasteiger partial charge in [-0.3, -0.25) is 0 Å². The fourth-order valence-electron chi connectivity index (χ4n) is 1.20. The number of rotatable bonds is 5. The van der Waals surface area contributed by atoms with E-state index in [0.717, 1.165) is 24.5 Å². The van der Waals surface area contributed by atoms with Gasteiger partial charge in [0.05, 0.1) is 0 Å². The molecule has 0 fully saturated rings. The Labute approximate surface area is 84.6 Å². The monoisotopic (exact) mass is 192 g/mol. The highest BCUT2D eigenvalue weighted by molar-refractivity contribution is 5.75. The van der Waals surface area contributed by atoms with Crippen LogP contribution in [0.1, 0.15) is 25.5 Å². The molecule has 0 saturated heterocycles. The molecule has 14 heavy (non-hydrogen) atoms. The Kier molecular flexibility index (Phi) is 4.11. The van der Waals surface area contributed by atoms with E-state index < -0.39 is 0 Å². The molecule has 0 radical (unpaired) electrons. The van der Waals surface area contributed by atoms with Crippen molar-refractivity contribution in [3.63, 3.8) is 0 Å². The predicted molar refractivity (Wildman–Crippen MR) is 57.4 cm³/mol. The molecular formula is C11H16N2O. The third kappa shape index (κ3) is 4.03. The van der Waals surface area contributed by atoms with E-state index in [4.69, 9.17) is 0 Å². The largest absolute Gasteiger partial charge is 0.370 e. The van der Waals surface area contributed by atoms with Crippen LogP contribution < -0.4 is 5.32 Å². The van der Waals surface area contributed by atoms with Crippen molar-refractivity contribution in [2.24, 2.45) is 0 Å². The third-order valence-electron chi connectivity index (χ3n) is 1.90. The fourth-order valence-corrected chi connectivity index (χ4v) is 1.20. The SMILES string of the molecule is CC(=O)CCCNc1cccc(C)n1. The van der Waals surface area contributed by atoms with Crippen molar-refractivity contribution >= 4 is 11.6 Å². The standard InChI is InChI=1S/C11H16N2O/c1-9-5-3-7-11(13-9)12-8-4-6-10(2)14/h3,5,7H,4,6,8H2,1-2H3,(H,12,13). The van der Waals surface area contributed by atoms with Gasteiger partial charge in [-0.05, 0) is 32.4 Å². The minimum Gasteiger partial charge on any atom is -0.370 e. The van der Waals surface area contributed by atoms with E-state index >= 15 is 0 Å². The first-order valence-corrected chi connectivity index (χ1v) is 4.85. The van der Waals surface area contributed by atoms with Gasteiger partial charge < -0.3 is 10.1 Å². The molecule has 0 aliphatic heterocycles. The first-order valence-electron chi connectivity index (χ1n) is 4.85. The van der Waals surface area contributed by atoms with Crippen LogP contribution in [-0.2, 0) is 4.79 Å². The van der Waals surface area contributed by atoms with Crippen molar-refractivity contribution in [3.8, 4) is 0 Å². The van der Waals surface area contributed by atoms with Gasteiger partial charge in [-0.25, -0.2) is 4.98 Å². The highest BCUT2D eigenvalue weighted by atomic mass is 16.1. The predicted octanol–water partition coefficient (Wildman–Crippen LogP) is 2.17. The average Bonchev–Trinajstić information content (AvgIpc) is 2.12. The lowest BCUT2D eigenvalue weighted by atomic mass is 10.2. The molecule has 0 unspecified atom stereocenters. The zero-order valence-corrected chi connectivity index (χ0v) is 8.71. The van der Waals surface area contributed by atoms with Crippen LogP contribution in [0.25, 0.3) is 0 Å². The van der Waals surface area contributed by atoms with Crippen molar-refractivity contribution in [1.82, 2.24) is 4.98 Å². The van der Waals surface area contributed by atoms with E-state index in [1.807, 2.05) is 25.1 Å². The van der Waals surface area contributed by atoms with E-state index in [1.54, 1.807) is 6.92 Å². The summed E-state index contributed by atoms with van der Waals surface area (Å²) < 4.78 is 0. The molecule has 3 nitrogen and oxygen atoms in total. The van der Waals surface area contributed by atoms with Crippen LogP contribution in [0, 0.1) is 6.92 Å². The number of aromatic nitrogens is 1. The minimum absolute atomic E-state index is 0.240. The second-order valence-electron chi connectivity index (χ2n) is 3.40. The van der Waals surface area contributed by atoms with E-state index in [0.29, 0.717) is 6.42 Å². The molecule has 0 atom stereocenters. The quantitative estimate of drug-likeness (QED) is 0.727. The summed E-state index contributed by atoms with van der Waals surface area (Å²) >= 11 is 0. The second kappa shape index (κ2) is 5.37. The molecule has 1 aromatic heterocycles. The molecule has 1 rings (SSSR count). The molecule has 0 aromatic carbocycles. The number of carbonyl (C=O) groups is 1. The Hall–Kier alpha value is -1.38. The Bertz CT molecular complexity index is 310. The molecule has 0 amide bonds. The minimum atomic E-state index is 0.240. The van der Waals surface area contributed by atoms with Gasteiger partial charge in [0.1, 0.15) is 11.6 Å². The summed E-state index contributed by atoms with van der Waals surface area (Å²) in [5.41, 5.74) is 1.00. The van der Waals surface area contributed by atoms with Crippen molar-refractivity contribution in [1.29, 1.82) is 0 Å². The maximum absolute atomic E-state index is 10.7. The molecule has 1 aromatic rings. The lowest BCUT2D eigenvalue weighted by Crippen LogP contribution is -2.05. The number of aryl methyl sites for hydroxylation is 1. The normalized spacial score (nSPS) is 9.86. The molecule has 0 bridgehead atoms. The van der Waals surface area contributed by atoms with Crippen molar-refractivity contribution < 1.29 is 4.79 Å². The summed E-state index contributed by atoms with van der Waals surface area (Å²) in [6.07, 6.45) is 1.50. The molecule has 3 heteroatoms. The van der Waals surface area contributed by atoms with E-state index in [1.165, 1.54) is 0 Å². The summed E-state index contributed by atoms with van der Waals surface area (Å²) in [7, 11) is 0. The van der Waals surface area contributed by atoms with Crippen LogP contribution in [0.15, 0.2) is 18.2 Å². The summed E-state index contributed by atoms with van der Waals surface area (Å²) in [4.78, 5) is 15.0. The molecule has 1 heterocycles. The van der Waals surface area contributed by atoms with Crippen LogP contribution in [0.4, 0.5) is 5.82 Å². The van der Waals surface area contributed by atoms with E-state index in [9.17, 15) is 4.79 Å². The maximum atomic E-state index is 10.7. The zero-order valence-electron chi connectivity index (χ0n) is 8.71. The fraction of sp³-hybridized carbons (Fsp3) is 0.455. The van der Waals surface area contributed by atoms with Crippen molar-refractivity contribution in [2.45, 2.75) is 26.7 Å². The van der Waals surface area contributed by atoms with Gasteiger partial charge in [-0.2, -0.15) is 0 Å². The number of Topliss-reactive ketones (excluding diaryl/α,β-unsaturated/α-hetero) is 1. The summed E-state index contributed by atoms with van der Waals surface area (Å²) in [6, 6.07) is 5.86. The van der Waals surface area contributed by atoms with Gasteiger partial charge in [0, 0.05) is 18.7 Å². The average molecular weight is 192 g/mol. The number of anilines is 1. The molecule has 1 N–H and O–H groups in total. The highest BCUT2D eigenvalue weighted by Gasteiger charge is 1.95. The first-order chi connectivity index (χ1) is 6.68. The summed E-state index contributed by atoms with van der Waals surface area (Å²) in [5, 5.41) is 3.18. The van der Waals surface area contributed by atoms with Crippen molar-refractivity contribution in [3.05, 3.63) is 23.9 Å². The Balaban J connectivity index is 2.28. The zero-order chi connectivity index (χ0) is 10.4. The molecule has 0 aliphatic rings. The van der Waals surface area contributed by atoms with Gasteiger partial charge in [0.15, 0.2) is 0 Å². The van der Waals surface area contributed by atoms with Crippen LogP contribution in [-0.4, -0.2) is 17.3 Å². The van der Waals surface area contributed by atoms with Gasteiger partial charge >= 0.3 is 0 Å². The number of hydrogen-bond donors (Lipinski definition) is 1. The number of carbonyl (C=O) groups excluding carboxylic acids is 1. The van der Waals surface area contributed by atoms with Crippen molar-refractivity contribution in [2.75, 3.05) is 11.9 Å². The Morgan fingerprint density at radius 1 is 1.50 bits per heavy atom. The van der Waals surface area contributed by atoms with Gasteiger partial charge in [0.2, 0.25) is 0 Å². The van der Waals surface area contributed by atoms with Gasteiger partial charge in [-0.1, -0.05) is 6.07 Å². The van der Waals surface area contributed by atoms with Gasteiger partial charge in [0.25, 0.3) is 0 Å². The maximum Gasteiger partial charge on any atom is 0.129 e. The molecule has 0 aliphatic carbocycles. The van der Waals surface area contributed by atoms with Crippen LogP contribution in [0.3, 0.4) is 0 Å². The Morgan fingerprint density at radius 2 is 2.29 bits per heavy atom. The highest BCUT2D eigenvalue weighted by Crippen LogP contribution is 2.03. The number of nitrogens with zero attached hydrogens (tertiary/aromatic N) is 1. The van der Waals surface area contributed by atoms with Crippen LogP contribution >= 0.6 is 0 Å². The number of hydrogen-bond acceptors (Lipinski definition) is 3. The number of ketones is 1.